The molecule has 1 atom stereocenters. The zero-order valence-corrected chi connectivity index (χ0v) is 16.2. The fourth-order valence-corrected chi connectivity index (χ4v) is 3.49. The topological polar surface area (TPSA) is 70.5 Å². The van der Waals surface area contributed by atoms with Gasteiger partial charge in [-0.2, -0.15) is 5.10 Å². The molecule has 1 saturated heterocycles. The first kappa shape index (κ1) is 18.9. The molecule has 3 amide bonds. The molecule has 0 spiro atoms. The lowest BCUT2D eigenvalue weighted by atomic mass is 9.92. The minimum atomic E-state index is -0.120. The maximum Gasteiger partial charge on any atom is 0.319 e. The molecule has 0 saturated carbocycles. The van der Waals surface area contributed by atoms with Crippen LogP contribution in [0.25, 0.3) is 5.69 Å². The molecule has 1 aliphatic heterocycles. The maximum atomic E-state index is 12.6. The van der Waals surface area contributed by atoms with Gasteiger partial charge in [0, 0.05) is 45.8 Å². The number of aromatic nitrogens is 2. The summed E-state index contributed by atoms with van der Waals surface area (Å²) in [6.45, 7) is 3.78. The lowest BCUT2D eigenvalue weighted by molar-refractivity contribution is 0.0953. The summed E-state index contributed by atoms with van der Waals surface area (Å²) in [6.07, 6.45) is 3.61. The number of rotatable bonds is 4. The fourth-order valence-electron chi connectivity index (χ4n) is 3.49. The van der Waals surface area contributed by atoms with Crippen LogP contribution in [0.4, 0.5) is 4.79 Å². The number of nitrogens with one attached hydrogen (secondary N) is 1. The van der Waals surface area contributed by atoms with E-state index in [4.69, 9.17) is 5.10 Å². The molecule has 7 nitrogen and oxygen atoms in total. The number of benzene rings is 1. The van der Waals surface area contributed by atoms with E-state index >= 15 is 0 Å². The Labute approximate surface area is 159 Å². The van der Waals surface area contributed by atoms with Gasteiger partial charge in [0.15, 0.2) is 0 Å². The molecule has 1 unspecified atom stereocenters. The van der Waals surface area contributed by atoms with Gasteiger partial charge >= 0.3 is 6.03 Å². The highest BCUT2D eigenvalue weighted by molar-refractivity contribution is 5.95. The Morgan fingerprint density at radius 2 is 2.00 bits per heavy atom. The number of likely N-dealkylation sites (tertiary alicyclic amines) is 1. The Morgan fingerprint density at radius 1 is 1.26 bits per heavy atom. The molecule has 0 radical (unpaired) electrons. The van der Waals surface area contributed by atoms with E-state index in [-0.39, 0.29) is 17.9 Å². The first-order valence-electron chi connectivity index (χ1n) is 9.40. The normalized spacial score (nSPS) is 16.9. The second-order valence-electron chi connectivity index (χ2n) is 7.03. The Kier molecular flexibility index (Phi) is 5.78. The zero-order valence-electron chi connectivity index (χ0n) is 16.2. The fraction of sp³-hybridized carbons (Fsp3) is 0.450. The van der Waals surface area contributed by atoms with Crippen LogP contribution in [0.1, 0.15) is 41.7 Å². The third-order valence-electron chi connectivity index (χ3n) is 4.81. The van der Waals surface area contributed by atoms with Crippen molar-refractivity contribution in [2.75, 3.05) is 33.7 Å². The first-order valence-corrected chi connectivity index (χ1v) is 9.40. The van der Waals surface area contributed by atoms with Gasteiger partial charge < -0.3 is 15.1 Å². The highest BCUT2D eigenvalue weighted by Gasteiger charge is 2.30. The molecule has 2 heterocycles. The Morgan fingerprint density at radius 3 is 2.67 bits per heavy atom. The Hall–Kier alpha value is -2.83. The summed E-state index contributed by atoms with van der Waals surface area (Å²) in [5.74, 6) is -0.0732. The summed E-state index contributed by atoms with van der Waals surface area (Å²) < 4.78 is 1.76. The van der Waals surface area contributed by atoms with Crippen LogP contribution in [0.15, 0.2) is 36.5 Å². The van der Waals surface area contributed by atoms with Crippen molar-refractivity contribution in [3.63, 3.8) is 0 Å². The van der Waals surface area contributed by atoms with Crippen molar-refractivity contribution in [1.82, 2.24) is 24.9 Å². The van der Waals surface area contributed by atoms with E-state index in [0.717, 1.165) is 30.8 Å². The highest BCUT2D eigenvalue weighted by atomic mass is 16.2. The van der Waals surface area contributed by atoms with Gasteiger partial charge in [0.2, 0.25) is 0 Å². The monoisotopic (exact) mass is 369 g/mol. The number of hydrogen-bond acceptors (Lipinski definition) is 3. The van der Waals surface area contributed by atoms with Crippen molar-refractivity contribution in [3.05, 3.63) is 47.8 Å². The van der Waals surface area contributed by atoms with Gasteiger partial charge in [-0.25, -0.2) is 9.48 Å². The van der Waals surface area contributed by atoms with Crippen molar-refractivity contribution >= 4 is 11.9 Å². The standard InChI is InChI=1S/C20H27N5O2/c1-4-21-19(26)17-14-25(16-10-6-5-7-11-16)22-18(17)15-9-8-12-24(13-15)20(27)23(2)3/h5-7,10-11,14-15H,4,8-9,12-13H2,1-3H3,(H,21,26). The van der Waals surface area contributed by atoms with E-state index in [1.54, 1.807) is 29.9 Å². The largest absolute Gasteiger partial charge is 0.352 e. The van der Waals surface area contributed by atoms with Crippen LogP contribution < -0.4 is 5.32 Å². The third-order valence-corrected chi connectivity index (χ3v) is 4.81. The molecule has 7 heteroatoms. The van der Waals surface area contributed by atoms with Crippen LogP contribution in [0.5, 0.6) is 0 Å². The van der Waals surface area contributed by atoms with Crippen LogP contribution in [0.3, 0.4) is 0 Å². The average Bonchev–Trinajstić information content (AvgIpc) is 3.14. The summed E-state index contributed by atoms with van der Waals surface area (Å²) in [5.41, 5.74) is 2.26. The molecule has 0 bridgehead atoms. The number of nitrogens with zero attached hydrogens (tertiary/aromatic N) is 4. The van der Waals surface area contributed by atoms with Crippen LogP contribution in [0, 0.1) is 0 Å². The molecule has 1 aromatic carbocycles. The molecule has 27 heavy (non-hydrogen) atoms. The van der Waals surface area contributed by atoms with Gasteiger partial charge in [-0.3, -0.25) is 4.79 Å². The maximum absolute atomic E-state index is 12.6. The summed E-state index contributed by atoms with van der Waals surface area (Å²) >= 11 is 0. The lowest BCUT2D eigenvalue weighted by Crippen LogP contribution is -2.44. The molecule has 1 aliphatic rings. The number of carbonyl (C=O) groups excluding carboxylic acids is 2. The Bertz CT molecular complexity index is 800. The molecule has 1 aromatic heterocycles. The van der Waals surface area contributed by atoms with Gasteiger partial charge in [-0.15, -0.1) is 0 Å². The number of para-hydroxylation sites is 1. The number of carbonyl (C=O) groups is 2. The lowest BCUT2D eigenvalue weighted by Gasteiger charge is -2.34. The van der Waals surface area contributed by atoms with Crippen molar-refractivity contribution in [2.45, 2.75) is 25.7 Å². The number of hydrogen-bond donors (Lipinski definition) is 1. The summed E-state index contributed by atoms with van der Waals surface area (Å²) in [7, 11) is 3.52. The van der Waals surface area contributed by atoms with Crippen LogP contribution in [-0.2, 0) is 0 Å². The van der Waals surface area contributed by atoms with Crippen LogP contribution >= 0.6 is 0 Å². The smallest absolute Gasteiger partial charge is 0.319 e. The van der Waals surface area contributed by atoms with E-state index in [2.05, 4.69) is 5.32 Å². The first-order chi connectivity index (χ1) is 13.0. The predicted molar refractivity (Wildman–Crippen MR) is 104 cm³/mol. The second kappa shape index (κ2) is 8.24. The Balaban J connectivity index is 1.94. The number of piperidine rings is 1. The molecule has 144 valence electrons. The van der Waals surface area contributed by atoms with E-state index < -0.39 is 0 Å². The SMILES string of the molecule is CCNC(=O)c1cn(-c2ccccc2)nc1C1CCCN(C(=O)N(C)C)C1. The third kappa shape index (κ3) is 4.13. The van der Waals surface area contributed by atoms with E-state index in [1.807, 2.05) is 42.2 Å². The molecule has 3 rings (SSSR count). The number of urea groups is 1. The molecule has 1 fully saturated rings. The number of amides is 3. The quantitative estimate of drug-likeness (QED) is 0.900. The summed E-state index contributed by atoms with van der Waals surface area (Å²) in [4.78, 5) is 28.4. The predicted octanol–water partition coefficient (Wildman–Crippen LogP) is 2.48. The van der Waals surface area contributed by atoms with E-state index in [9.17, 15) is 9.59 Å². The molecule has 1 N–H and O–H groups in total. The molecule has 0 aliphatic carbocycles. The van der Waals surface area contributed by atoms with Crippen molar-refractivity contribution in [2.24, 2.45) is 0 Å². The zero-order chi connectivity index (χ0) is 19.4. The van der Waals surface area contributed by atoms with Crippen molar-refractivity contribution in [3.8, 4) is 5.69 Å². The summed E-state index contributed by atoms with van der Waals surface area (Å²) in [6, 6.07) is 9.76. The summed E-state index contributed by atoms with van der Waals surface area (Å²) in [5, 5.41) is 7.63. The minimum absolute atomic E-state index is 0.00162. The minimum Gasteiger partial charge on any atom is -0.352 e. The molecular weight excluding hydrogens is 342 g/mol. The second-order valence-corrected chi connectivity index (χ2v) is 7.03. The van der Waals surface area contributed by atoms with E-state index in [0.29, 0.717) is 18.7 Å². The highest BCUT2D eigenvalue weighted by Crippen LogP contribution is 2.29. The van der Waals surface area contributed by atoms with Gasteiger partial charge in [-0.05, 0) is 31.9 Å². The average molecular weight is 369 g/mol. The van der Waals surface area contributed by atoms with E-state index in [1.165, 1.54) is 0 Å². The van der Waals surface area contributed by atoms with Gasteiger partial charge in [-0.1, -0.05) is 18.2 Å². The van der Waals surface area contributed by atoms with Crippen LogP contribution in [-0.4, -0.2) is 65.2 Å². The van der Waals surface area contributed by atoms with Crippen molar-refractivity contribution < 1.29 is 9.59 Å². The van der Waals surface area contributed by atoms with Gasteiger partial charge in [0.05, 0.1) is 16.9 Å². The van der Waals surface area contributed by atoms with Crippen molar-refractivity contribution in [1.29, 1.82) is 0 Å². The van der Waals surface area contributed by atoms with Gasteiger partial charge in [0.1, 0.15) is 0 Å². The van der Waals surface area contributed by atoms with Crippen LogP contribution in [0.2, 0.25) is 0 Å². The molecular formula is C20H27N5O2. The van der Waals surface area contributed by atoms with Gasteiger partial charge in [0.25, 0.3) is 5.91 Å². The molecule has 2 aromatic rings.